The van der Waals surface area contributed by atoms with Crippen LogP contribution < -0.4 is 15.8 Å². The van der Waals surface area contributed by atoms with Gasteiger partial charge in [0.1, 0.15) is 11.6 Å². The predicted octanol–water partition coefficient (Wildman–Crippen LogP) is 2.97. The average molecular weight is 330 g/mol. The second kappa shape index (κ2) is 8.45. The lowest BCUT2D eigenvalue weighted by atomic mass is 10.0. The first kappa shape index (κ1) is 17.9. The zero-order valence-electron chi connectivity index (χ0n) is 14.0. The van der Waals surface area contributed by atoms with E-state index in [4.69, 9.17) is 10.5 Å². The van der Waals surface area contributed by atoms with E-state index < -0.39 is 6.04 Å². The van der Waals surface area contributed by atoms with Gasteiger partial charge in [-0.3, -0.25) is 4.79 Å². The molecule has 3 N–H and O–H groups in total. The summed E-state index contributed by atoms with van der Waals surface area (Å²) in [5.74, 6) is 0.325. The molecule has 4 nitrogen and oxygen atoms in total. The first-order chi connectivity index (χ1) is 11.5. The van der Waals surface area contributed by atoms with E-state index in [1.165, 1.54) is 6.07 Å². The van der Waals surface area contributed by atoms with Crippen molar-refractivity contribution < 1.29 is 13.9 Å². The zero-order valence-corrected chi connectivity index (χ0v) is 14.0. The zero-order chi connectivity index (χ0) is 17.5. The number of carbonyl (C=O) groups excluding carboxylic acids is 1. The van der Waals surface area contributed by atoms with Crippen molar-refractivity contribution in [3.05, 3.63) is 65.5 Å². The summed E-state index contributed by atoms with van der Waals surface area (Å²) in [6, 6.07) is 13.4. The van der Waals surface area contributed by atoms with Gasteiger partial charge in [-0.1, -0.05) is 30.3 Å². The van der Waals surface area contributed by atoms with Gasteiger partial charge in [-0.15, -0.1) is 0 Å². The minimum absolute atomic E-state index is 0.135. The van der Waals surface area contributed by atoms with Crippen molar-refractivity contribution in [2.45, 2.75) is 31.8 Å². The molecule has 0 bridgehead atoms. The number of hydrogen-bond acceptors (Lipinski definition) is 3. The summed E-state index contributed by atoms with van der Waals surface area (Å²) in [5, 5.41) is 2.91. The van der Waals surface area contributed by atoms with Gasteiger partial charge in [0.2, 0.25) is 5.91 Å². The van der Waals surface area contributed by atoms with E-state index in [1.807, 2.05) is 31.2 Å². The van der Waals surface area contributed by atoms with Crippen molar-refractivity contribution in [3.8, 4) is 5.75 Å². The van der Waals surface area contributed by atoms with Gasteiger partial charge in [0.15, 0.2) is 0 Å². The molecule has 0 aliphatic rings. The molecule has 24 heavy (non-hydrogen) atoms. The Morgan fingerprint density at radius 1 is 1.21 bits per heavy atom. The van der Waals surface area contributed by atoms with Gasteiger partial charge in [0, 0.05) is 12.5 Å². The maximum atomic E-state index is 13.6. The van der Waals surface area contributed by atoms with Crippen molar-refractivity contribution in [2.24, 2.45) is 5.73 Å². The maximum Gasteiger partial charge on any atom is 0.222 e. The minimum Gasteiger partial charge on any atom is -0.497 e. The summed E-state index contributed by atoms with van der Waals surface area (Å²) in [7, 11) is 1.61. The highest BCUT2D eigenvalue weighted by Gasteiger charge is 2.15. The monoisotopic (exact) mass is 330 g/mol. The Morgan fingerprint density at radius 3 is 2.50 bits per heavy atom. The molecule has 0 heterocycles. The lowest BCUT2D eigenvalue weighted by Gasteiger charge is -2.17. The molecule has 2 atom stereocenters. The predicted molar refractivity (Wildman–Crippen MR) is 92.2 cm³/mol. The highest BCUT2D eigenvalue weighted by atomic mass is 19.1. The molecule has 128 valence electrons. The number of halogens is 1. The van der Waals surface area contributed by atoms with Crippen molar-refractivity contribution in [1.82, 2.24) is 5.32 Å². The number of methoxy groups -OCH3 is 1. The smallest absolute Gasteiger partial charge is 0.222 e. The summed E-state index contributed by atoms with van der Waals surface area (Å²) in [4.78, 5) is 12.1. The van der Waals surface area contributed by atoms with E-state index in [0.717, 1.165) is 11.3 Å². The summed E-state index contributed by atoms with van der Waals surface area (Å²) in [5.41, 5.74) is 7.49. The van der Waals surface area contributed by atoms with E-state index in [9.17, 15) is 9.18 Å². The third-order valence-electron chi connectivity index (χ3n) is 3.88. The minimum atomic E-state index is -0.426. The topological polar surface area (TPSA) is 64.3 Å². The van der Waals surface area contributed by atoms with Crippen LogP contribution in [0.5, 0.6) is 5.75 Å². The fourth-order valence-corrected chi connectivity index (χ4v) is 2.53. The molecule has 0 radical (unpaired) electrons. The Bertz CT molecular complexity index is 673. The molecule has 0 fully saturated rings. The van der Waals surface area contributed by atoms with Crippen LogP contribution in [0.4, 0.5) is 4.39 Å². The molecule has 2 aromatic carbocycles. The lowest BCUT2D eigenvalue weighted by molar-refractivity contribution is -0.122. The van der Waals surface area contributed by atoms with Gasteiger partial charge in [0.25, 0.3) is 0 Å². The summed E-state index contributed by atoms with van der Waals surface area (Å²) < 4.78 is 18.7. The van der Waals surface area contributed by atoms with E-state index in [1.54, 1.807) is 25.3 Å². The Hall–Kier alpha value is -2.40. The van der Waals surface area contributed by atoms with Crippen molar-refractivity contribution in [2.75, 3.05) is 7.11 Å². The Morgan fingerprint density at radius 2 is 1.88 bits per heavy atom. The number of carbonyl (C=O) groups is 1. The maximum absolute atomic E-state index is 13.6. The molecule has 0 spiro atoms. The molecule has 0 aliphatic carbocycles. The molecule has 5 heteroatoms. The summed E-state index contributed by atoms with van der Waals surface area (Å²) >= 11 is 0. The fraction of sp³-hybridized carbons (Fsp3) is 0.316. The molecule has 2 aromatic rings. The van der Waals surface area contributed by atoms with E-state index in [0.29, 0.717) is 12.0 Å². The Labute approximate surface area is 141 Å². The van der Waals surface area contributed by atoms with Crippen molar-refractivity contribution in [1.29, 1.82) is 0 Å². The van der Waals surface area contributed by atoms with Crippen LogP contribution in [0.2, 0.25) is 0 Å². The third kappa shape index (κ3) is 5.06. The Balaban J connectivity index is 1.86. The van der Waals surface area contributed by atoms with Gasteiger partial charge >= 0.3 is 0 Å². The van der Waals surface area contributed by atoms with E-state index in [2.05, 4.69) is 5.32 Å². The number of benzene rings is 2. The van der Waals surface area contributed by atoms with Gasteiger partial charge in [0.05, 0.1) is 13.2 Å². The molecular weight excluding hydrogens is 307 g/mol. The fourth-order valence-electron chi connectivity index (χ4n) is 2.53. The second-order valence-electron chi connectivity index (χ2n) is 5.82. The van der Waals surface area contributed by atoms with Crippen LogP contribution in [0, 0.1) is 5.82 Å². The second-order valence-corrected chi connectivity index (χ2v) is 5.82. The quantitative estimate of drug-likeness (QED) is 0.820. The molecule has 0 saturated carbocycles. The van der Waals surface area contributed by atoms with E-state index in [-0.39, 0.29) is 24.2 Å². The van der Waals surface area contributed by atoms with Crippen LogP contribution >= 0.6 is 0 Å². The van der Waals surface area contributed by atoms with Gasteiger partial charge < -0.3 is 15.8 Å². The number of hydrogen-bond donors (Lipinski definition) is 2. The highest BCUT2D eigenvalue weighted by molar-refractivity contribution is 5.77. The number of rotatable bonds is 7. The number of nitrogens with two attached hydrogens (primary N) is 1. The number of amides is 1. The normalized spacial score (nSPS) is 13.2. The average Bonchev–Trinajstić information content (AvgIpc) is 2.56. The molecule has 2 rings (SSSR count). The van der Waals surface area contributed by atoms with Crippen LogP contribution in [0.15, 0.2) is 48.5 Å². The summed E-state index contributed by atoms with van der Waals surface area (Å²) in [6.45, 7) is 1.90. The van der Waals surface area contributed by atoms with Crippen LogP contribution in [-0.4, -0.2) is 19.1 Å². The van der Waals surface area contributed by atoms with Crippen molar-refractivity contribution in [3.63, 3.8) is 0 Å². The molecule has 0 aliphatic heterocycles. The number of ether oxygens (including phenoxy) is 1. The SMILES string of the molecule is COc1ccc([C@H](C)NC(=O)C[C@H](N)Cc2ccccc2F)cc1. The first-order valence-electron chi connectivity index (χ1n) is 7.92. The van der Waals surface area contributed by atoms with Crippen LogP contribution in [0.3, 0.4) is 0 Å². The summed E-state index contributed by atoms with van der Waals surface area (Å²) in [6.07, 6.45) is 0.478. The highest BCUT2D eigenvalue weighted by Crippen LogP contribution is 2.17. The Kier molecular flexibility index (Phi) is 6.32. The largest absolute Gasteiger partial charge is 0.497 e. The molecule has 0 aromatic heterocycles. The van der Waals surface area contributed by atoms with Crippen LogP contribution in [0.25, 0.3) is 0 Å². The first-order valence-corrected chi connectivity index (χ1v) is 7.92. The number of nitrogens with one attached hydrogen (secondary N) is 1. The molecule has 0 saturated heterocycles. The van der Waals surface area contributed by atoms with Crippen LogP contribution in [-0.2, 0) is 11.2 Å². The standard InChI is InChI=1S/C19H23FN2O2/c1-13(14-7-9-17(24-2)10-8-14)22-19(23)12-16(21)11-15-5-3-4-6-18(15)20/h3-10,13,16H,11-12,21H2,1-2H3,(H,22,23)/t13-,16+/m0/s1. The lowest BCUT2D eigenvalue weighted by Crippen LogP contribution is -2.34. The third-order valence-corrected chi connectivity index (χ3v) is 3.88. The van der Waals surface area contributed by atoms with Crippen LogP contribution in [0.1, 0.15) is 30.5 Å². The molecule has 1 amide bonds. The van der Waals surface area contributed by atoms with Crippen molar-refractivity contribution >= 4 is 5.91 Å². The molecular formula is C19H23FN2O2. The van der Waals surface area contributed by atoms with E-state index >= 15 is 0 Å². The molecule has 0 unspecified atom stereocenters. The van der Waals surface area contributed by atoms with Gasteiger partial charge in [-0.2, -0.15) is 0 Å². The van der Waals surface area contributed by atoms with Gasteiger partial charge in [-0.05, 0) is 42.7 Å². The van der Waals surface area contributed by atoms with Gasteiger partial charge in [-0.25, -0.2) is 4.39 Å².